The molecule has 0 bridgehead atoms. The van der Waals surface area contributed by atoms with Gasteiger partial charge in [0.2, 0.25) is 5.91 Å². The van der Waals surface area contributed by atoms with Crippen molar-refractivity contribution in [2.45, 2.75) is 19.0 Å². The van der Waals surface area contributed by atoms with Gasteiger partial charge in [-0.05, 0) is 30.0 Å². The number of hydrogen-bond donors (Lipinski definition) is 2. The van der Waals surface area contributed by atoms with Crippen LogP contribution in [0.5, 0.6) is 5.75 Å². The lowest BCUT2D eigenvalue weighted by atomic mass is 10.1. The minimum absolute atomic E-state index is 0. The van der Waals surface area contributed by atoms with Gasteiger partial charge in [-0.2, -0.15) is 0 Å². The summed E-state index contributed by atoms with van der Waals surface area (Å²) in [5, 5.41) is 11.4. The normalized spacial score (nSPS) is 18.7. The zero-order valence-corrected chi connectivity index (χ0v) is 11.1. The van der Waals surface area contributed by atoms with E-state index in [0.29, 0.717) is 12.8 Å². The molecule has 0 spiro atoms. The second kappa shape index (κ2) is 5.07. The van der Waals surface area contributed by atoms with Crippen molar-refractivity contribution >= 4 is 34.8 Å². The molecule has 3 rings (SSSR count). The van der Waals surface area contributed by atoms with Crippen molar-refractivity contribution in [3.63, 3.8) is 0 Å². The summed E-state index contributed by atoms with van der Waals surface area (Å²) in [7, 11) is 0. The van der Waals surface area contributed by atoms with Gasteiger partial charge in [0.15, 0.2) is 0 Å². The molecule has 19 heavy (non-hydrogen) atoms. The highest BCUT2D eigenvalue weighted by Crippen LogP contribution is 2.33. The second-order valence-electron chi connectivity index (χ2n) is 4.55. The van der Waals surface area contributed by atoms with Crippen LogP contribution in [0.25, 0.3) is 10.8 Å². The zero-order chi connectivity index (χ0) is 12.7. The maximum Gasteiger partial charge on any atom is 0.228 e. The van der Waals surface area contributed by atoms with E-state index in [0.717, 1.165) is 16.5 Å². The largest absolute Gasteiger partial charge is 0.508 e. The van der Waals surface area contributed by atoms with Crippen molar-refractivity contribution in [2.75, 3.05) is 4.90 Å². The number of phenolic OH excluding ortho intramolecular Hbond substituents is 1. The molecule has 0 aromatic heterocycles. The summed E-state index contributed by atoms with van der Waals surface area (Å²) >= 11 is 0. The van der Waals surface area contributed by atoms with Crippen molar-refractivity contribution in [3.8, 4) is 5.75 Å². The van der Waals surface area contributed by atoms with Crippen LogP contribution in [0.4, 0.5) is 5.69 Å². The predicted octanol–water partition coefficient (Wildman–Crippen LogP) is 2.38. The Hall–Kier alpha value is -1.78. The number of anilines is 1. The number of nitrogens with zero attached hydrogens (tertiary/aromatic N) is 1. The number of carbonyl (C=O) groups excluding carboxylic acids is 1. The van der Waals surface area contributed by atoms with E-state index in [1.807, 2.05) is 24.3 Å². The van der Waals surface area contributed by atoms with Gasteiger partial charge in [0.1, 0.15) is 5.75 Å². The van der Waals surface area contributed by atoms with Crippen LogP contribution in [0.15, 0.2) is 36.4 Å². The fourth-order valence-electron chi connectivity index (χ4n) is 2.47. The fourth-order valence-corrected chi connectivity index (χ4v) is 2.47. The number of hydrogen-bond acceptors (Lipinski definition) is 3. The van der Waals surface area contributed by atoms with Gasteiger partial charge in [0, 0.05) is 11.8 Å². The molecule has 4 nitrogen and oxygen atoms in total. The van der Waals surface area contributed by atoms with Gasteiger partial charge in [-0.3, -0.25) is 9.69 Å². The molecular formula is C14H15ClN2O2. The van der Waals surface area contributed by atoms with Crippen molar-refractivity contribution in [1.82, 2.24) is 0 Å². The van der Waals surface area contributed by atoms with Crippen LogP contribution in [0.3, 0.4) is 0 Å². The SMILES string of the molecule is Cl.NC1CCC(=O)N1c1cccc2ccc(O)cc12. The highest BCUT2D eigenvalue weighted by molar-refractivity contribution is 6.05. The number of amides is 1. The molecule has 1 aliphatic rings. The van der Waals surface area contributed by atoms with E-state index < -0.39 is 0 Å². The molecular weight excluding hydrogens is 264 g/mol. The summed E-state index contributed by atoms with van der Waals surface area (Å²) in [5.74, 6) is 0.230. The van der Waals surface area contributed by atoms with Crippen molar-refractivity contribution in [1.29, 1.82) is 0 Å². The standard InChI is InChI=1S/C14H14N2O2.ClH/c15-13-6-7-14(18)16(13)12-3-1-2-9-4-5-10(17)8-11(9)12;/h1-5,8,13,17H,6-7,15H2;1H. The van der Waals surface area contributed by atoms with Crippen LogP contribution in [0, 0.1) is 0 Å². The van der Waals surface area contributed by atoms with Gasteiger partial charge in [-0.15, -0.1) is 12.4 Å². The minimum Gasteiger partial charge on any atom is -0.508 e. The van der Waals surface area contributed by atoms with Gasteiger partial charge in [-0.1, -0.05) is 18.2 Å². The third kappa shape index (κ3) is 2.25. The maximum absolute atomic E-state index is 11.9. The molecule has 1 unspecified atom stereocenters. The van der Waals surface area contributed by atoms with Crippen LogP contribution in [-0.2, 0) is 4.79 Å². The van der Waals surface area contributed by atoms with Crippen LogP contribution in [0.2, 0.25) is 0 Å². The first-order chi connectivity index (χ1) is 8.66. The third-order valence-electron chi connectivity index (χ3n) is 3.36. The van der Waals surface area contributed by atoms with Crippen molar-refractivity contribution in [3.05, 3.63) is 36.4 Å². The number of phenols is 1. The molecule has 1 atom stereocenters. The lowest BCUT2D eigenvalue weighted by molar-refractivity contribution is -0.117. The second-order valence-corrected chi connectivity index (χ2v) is 4.55. The molecule has 2 aromatic rings. The Bertz CT molecular complexity index is 630. The minimum atomic E-state index is -0.273. The average Bonchev–Trinajstić information content (AvgIpc) is 2.68. The quantitative estimate of drug-likeness (QED) is 0.842. The summed E-state index contributed by atoms with van der Waals surface area (Å²) < 4.78 is 0. The molecule has 0 aliphatic carbocycles. The van der Waals surface area contributed by atoms with E-state index in [1.54, 1.807) is 17.0 Å². The van der Waals surface area contributed by atoms with Gasteiger partial charge < -0.3 is 10.8 Å². The number of halogens is 1. The topological polar surface area (TPSA) is 66.6 Å². The van der Waals surface area contributed by atoms with E-state index in [1.165, 1.54) is 0 Å². The number of nitrogens with two attached hydrogens (primary N) is 1. The van der Waals surface area contributed by atoms with Crippen LogP contribution in [-0.4, -0.2) is 17.2 Å². The Balaban J connectivity index is 0.00000133. The predicted molar refractivity (Wildman–Crippen MR) is 77.6 cm³/mol. The summed E-state index contributed by atoms with van der Waals surface area (Å²) in [5.41, 5.74) is 6.75. The number of aromatic hydroxyl groups is 1. The summed E-state index contributed by atoms with van der Waals surface area (Å²) in [6.07, 6.45) is 0.884. The molecule has 1 saturated heterocycles. The lowest BCUT2D eigenvalue weighted by Gasteiger charge is -2.23. The molecule has 0 radical (unpaired) electrons. The molecule has 100 valence electrons. The number of carbonyl (C=O) groups is 1. The third-order valence-corrected chi connectivity index (χ3v) is 3.36. The number of fused-ring (bicyclic) bond motifs is 1. The van der Waals surface area contributed by atoms with Gasteiger partial charge in [0.25, 0.3) is 0 Å². The summed E-state index contributed by atoms with van der Waals surface area (Å²) in [6, 6.07) is 10.9. The average molecular weight is 279 g/mol. The Morgan fingerprint density at radius 3 is 2.74 bits per heavy atom. The molecule has 1 heterocycles. The van der Waals surface area contributed by atoms with E-state index in [4.69, 9.17) is 5.73 Å². The van der Waals surface area contributed by atoms with E-state index in [2.05, 4.69) is 0 Å². The van der Waals surface area contributed by atoms with Crippen LogP contribution in [0.1, 0.15) is 12.8 Å². The Morgan fingerprint density at radius 2 is 2.05 bits per heavy atom. The van der Waals surface area contributed by atoms with E-state index in [-0.39, 0.29) is 30.2 Å². The first-order valence-electron chi connectivity index (χ1n) is 5.96. The molecule has 0 saturated carbocycles. The first kappa shape index (κ1) is 13.6. The Kier molecular flexibility index (Phi) is 3.64. The lowest BCUT2D eigenvalue weighted by Crippen LogP contribution is -2.39. The van der Waals surface area contributed by atoms with Crippen LogP contribution < -0.4 is 10.6 Å². The number of rotatable bonds is 1. The van der Waals surface area contributed by atoms with Crippen LogP contribution >= 0.6 is 12.4 Å². The first-order valence-corrected chi connectivity index (χ1v) is 5.96. The van der Waals surface area contributed by atoms with E-state index in [9.17, 15) is 9.90 Å². The maximum atomic E-state index is 11.9. The Morgan fingerprint density at radius 1 is 1.26 bits per heavy atom. The summed E-state index contributed by atoms with van der Waals surface area (Å²) in [6.45, 7) is 0. The van der Waals surface area contributed by atoms with Gasteiger partial charge in [0.05, 0.1) is 11.9 Å². The molecule has 3 N–H and O–H groups in total. The monoisotopic (exact) mass is 278 g/mol. The van der Waals surface area contributed by atoms with Crippen molar-refractivity contribution in [2.24, 2.45) is 5.73 Å². The highest BCUT2D eigenvalue weighted by Gasteiger charge is 2.30. The fraction of sp³-hybridized carbons (Fsp3) is 0.214. The highest BCUT2D eigenvalue weighted by atomic mass is 35.5. The van der Waals surface area contributed by atoms with Crippen molar-refractivity contribution < 1.29 is 9.90 Å². The smallest absolute Gasteiger partial charge is 0.228 e. The van der Waals surface area contributed by atoms with Gasteiger partial charge >= 0.3 is 0 Å². The zero-order valence-electron chi connectivity index (χ0n) is 10.2. The molecule has 5 heteroatoms. The summed E-state index contributed by atoms with van der Waals surface area (Å²) in [4.78, 5) is 13.5. The molecule has 2 aromatic carbocycles. The number of benzene rings is 2. The molecule has 1 aliphatic heterocycles. The molecule has 1 fully saturated rings. The Labute approximate surface area is 117 Å². The molecule has 1 amide bonds. The van der Waals surface area contributed by atoms with E-state index >= 15 is 0 Å². The van der Waals surface area contributed by atoms with Gasteiger partial charge in [-0.25, -0.2) is 0 Å².